The van der Waals surface area contributed by atoms with Crippen LogP contribution >= 0.6 is 11.6 Å². The Morgan fingerprint density at radius 2 is 2.15 bits per heavy atom. The zero-order valence-electron chi connectivity index (χ0n) is 11.9. The molecule has 2 N–H and O–H groups in total. The third-order valence-electron chi connectivity index (χ3n) is 2.60. The van der Waals surface area contributed by atoms with E-state index < -0.39 is 6.10 Å². The van der Waals surface area contributed by atoms with Gasteiger partial charge in [-0.15, -0.1) is 0 Å². The molecule has 1 aromatic rings. The summed E-state index contributed by atoms with van der Waals surface area (Å²) in [5, 5.41) is 12.9. The molecule has 0 aliphatic rings. The summed E-state index contributed by atoms with van der Waals surface area (Å²) >= 11 is 5.87. The maximum Gasteiger partial charge on any atom is 0.258 e. The number of aliphatic hydroxyl groups is 1. The Kier molecular flexibility index (Phi) is 6.78. The van der Waals surface area contributed by atoms with Crippen LogP contribution in [0.4, 0.5) is 0 Å². The van der Waals surface area contributed by atoms with Gasteiger partial charge in [0.1, 0.15) is 5.75 Å². The summed E-state index contributed by atoms with van der Waals surface area (Å²) in [7, 11) is 1.57. The van der Waals surface area contributed by atoms with Crippen molar-refractivity contribution in [3.8, 4) is 5.75 Å². The highest BCUT2D eigenvalue weighted by atomic mass is 35.5. The fourth-order valence-electron chi connectivity index (χ4n) is 1.73. The highest BCUT2D eigenvalue weighted by Crippen LogP contribution is 2.28. The second-order valence-corrected chi connectivity index (χ2v) is 5.01. The minimum atomic E-state index is -0.723. The molecule has 0 radical (unpaired) electrons. The van der Waals surface area contributed by atoms with Gasteiger partial charge in [0, 0.05) is 23.7 Å². The van der Waals surface area contributed by atoms with E-state index in [-0.39, 0.29) is 18.6 Å². The SMILES string of the molecule is COCC(C)NC(=O)COc1ccc(Cl)cc1[C@@H](C)O. The number of nitrogens with one attached hydrogen (secondary N) is 1. The molecule has 0 fully saturated rings. The summed E-state index contributed by atoms with van der Waals surface area (Å²) in [5.41, 5.74) is 0.551. The maximum absolute atomic E-state index is 11.7. The van der Waals surface area contributed by atoms with Crippen molar-refractivity contribution in [3.63, 3.8) is 0 Å². The molecule has 0 bridgehead atoms. The zero-order chi connectivity index (χ0) is 15.1. The van der Waals surface area contributed by atoms with Crippen LogP contribution in [0.25, 0.3) is 0 Å². The Morgan fingerprint density at radius 3 is 2.75 bits per heavy atom. The van der Waals surface area contributed by atoms with Gasteiger partial charge in [0.25, 0.3) is 5.91 Å². The van der Waals surface area contributed by atoms with Crippen molar-refractivity contribution >= 4 is 17.5 Å². The number of halogens is 1. The fourth-order valence-corrected chi connectivity index (χ4v) is 1.91. The Bertz CT molecular complexity index is 451. The van der Waals surface area contributed by atoms with Crippen molar-refractivity contribution in [1.29, 1.82) is 0 Å². The lowest BCUT2D eigenvalue weighted by Gasteiger charge is -2.15. The standard InChI is InChI=1S/C14H20ClNO4/c1-9(7-19-3)16-14(18)8-20-13-5-4-11(15)6-12(13)10(2)17/h4-6,9-10,17H,7-8H2,1-3H3,(H,16,18)/t9?,10-/m1/s1. The molecule has 6 heteroatoms. The van der Waals surface area contributed by atoms with E-state index in [1.54, 1.807) is 32.2 Å². The number of carbonyl (C=O) groups is 1. The van der Waals surface area contributed by atoms with Crippen LogP contribution in [0.3, 0.4) is 0 Å². The molecule has 0 spiro atoms. The van der Waals surface area contributed by atoms with Crippen LogP contribution in [0, 0.1) is 0 Å². The van der Waals surface area contributed by atoms with E-state index in [2.05, 4.69) is 5.32 Å². The van der Waals surface area contributed by atoms with Gasteiger partial charge in [-0.3, -0.25) is 4.79 Å². The third kappa shape index (κ3) is 5.36. The van der Waals surface area contributed by atoms with Gasteiger partial charge in [0.05, 0.1) is 12.7 Å². The molecule has 0 aliphatic carbocycles. The van der Waals surface area contributed by atoms with Crippen LogP contribution in [0.2, 0.25) is 5.02 Å². The van der Waals surface area contributed by atoms with Crippen LogP contribution < -0.4 is 10.1 Å². The monoisotopic (exact) mass is 301 g/mol. The van der Waals surface area contributed by atoms with Crippen molar-refractivity contribution in [2.45, 2.75) is 26.0 Å². The number of methoxy groups -OCH3 is 1. The van der Waals surface area contributed by atoms with Gasteiger partial charge in [-0.25, -0.2) is 0 Å². The van der Waals surface area contributed by atoms with Crippen molar-refractivity contribution in [1.82, 2.24) is 5.32 Å². The van der Waals surface area contributed by atoms with E-state index in [1.807, 2.05) is 6.92 Å². The summed E-state index contributed by atoms with van der Waals surface area (Å²) in [6, 6.07) is 4.81. The van der Waals surface area contributed by atoms with Gasteiger partial charge >= 0.3 is 0 Å². The minimum absolute atomic E-state index is 0.0856. The Morgan fingerprint density at radius 1 is 1.45 bits per heavy atom. The molecule has 112 valence electrons. The van der Waals surface area contributed by atoms with Crippen molar-refractivity contribution in [2.75, 3.05) is 20.3 Å². The molecule has 0 aliphatic heterocycles. The molecule has 2 atom stereocenters. The third-order valence-corrected chi connectivity index (χ3v) is 2.84. The number of benzene rings is 1. The number of aliphatic hydroxyl groups excluding tert-OH is 1. The van der Waals surface area contributed by atoms with Gasteiger partial charge < -0.3 is 19.9 Å². The largest absolute Gasteiger partial charge is 0.483 e. The minimum Gasteiger partial charge on any atom is -0.483 e. The maximum atomic E-state index is 11.7. The zero-order valence-corrected chi connectivity index (χ0v) is 12.6. The van der Waals surface area contributed by atoms with Crippen LogP contribution in [0.15, 0.2) is 18.2 Å². The number of amides is 1. The van der Waals surface area contributed by atoms with Gasteiger partial charge in [-0.05, 0) is 32.0 Å². The summed E-state index contributed by atoms with van der Waals surface area (Å²) in [6.45, 7) is 3.76. The number of carbonyl (C=O) groups excluding carboxylic acids is 1. The molecular formula is C14H20ClNO4. The van der Waals surface area contributed by atoms with Crippen molar-refractivity contribution < 1.29 is 19.4 Å². The lowest BCUT2D eigenvalue weighted by atomic mass is 10.1. The molecule has 0 saturated carbocycles. The summed E-state index contributed by atoms with van der Waals surface area (Å²) in [6.07, 6.45) is -0.723. The predicted octanol–water partition coefficient (Wildman–Crippen LogP) is 1.92. The lowest BCUT2D eigenvalue weighted by molar-refractivity contribution is -0.124. The molecule has 20 heavy (non-hydrogen) atoms. The van der Waals surface area contributed by atoms with Crippen LogP contribution in [-0.4, -0.2) is 37.4 Å². The fraction of sp³-hybridized carbons (Fsp3) is 0.500. The average molecular weight is 302 g/mol. The molecule has 0 aromatic heterocycles. The second kappa shape index (κ2) is 8.09. The number of rotatable bonds is 7. The average Bonchev–Trinajstić information content (AvgIpc) is 2.37. The van der Waals surface area contributed by atoms with Gasteiger partial charge in [0.2, 0.25) is 0 Å². The second-order valence-electron chi connectivity index (χ2n) is 4.57. The van der Waals surface area contributed by atoms with E-state index in [0.717, 1.165) is 0 Å². The first-order valence-electron chi connectivity index (χ1n) is 6.32. The van der Waals surface area contributed by atoms with E-state index in [4.69, 9.17) is 21.1 Å². The molecule has 0 heterocycles. The van der Waals surface area contributed by atoms with Crippen LogP contribution in [-0.2, 0) is 9.53 Å². The van der Waals surface area contributed by atoms with Crippen LogP contribution in [0.5, 0.6) is 5.75 Å². The molecule has 1 unspecified atom stereocenters. The molecule has 1 amide bonds. The number of ether oxygens (including phenoxy) is 2. The molecular weight excluding hydrogens is 282 g/mol. The first kappa shape index (κ1) is 16.8. The molecule has 1 aromatic carbocycles. The van der Waals surface area contributed by atoms with E-state index in [9.17, 15) is 9.90 Å². The number of hydrogen-bond donors (Lipinski definition) is 2. The normalized spacial score (nSPS) is 13.7. The van der Waals surface area contributed by atoms with E-state index in [0.29, 0.717) is 22.9 Å². The highest BCUT2D eigenvalue weighted by molar-refractivity contribution is 6.30. The summed E-state index contributed by atoms with van der Waals surface area (Å²) in [5.74, 6) is 0.194. The van der Waals surface area contributed by atoms with Crippen molar-refractivity contribution in [3.05, 3.63) is 28.8 Å². The smallest absolute Gasteiger partial charge is 0.258 e. The van der Waals surface area contributed by atoms with E-state index >= 15 is 0 Å². The molecule has 5 nitrogen and oxygen atoms in total. The summed E-state index contributed by atoms with van der Waals surface area (Å²) in [4.78, 5) is 11.7. The first-order chi connectivity index (χ1) is 9.43. The Hall–Kier alpha value is -1.30. The lowest BCUT2D eigenvalue weighted by Crippen LogP contribution is -2.38. The Labute approximate surface area is 123 Å². The Balaban J connectivity index is 2.59. The van der Waals surface area contributed by atoms with Gasteiger partial charge in [-0.1, -0.05) is 11.6 Å². The van der Waals surface area contributed by atoms with Crippen LogP contribution in [0.1, 0.15) is 25.5 Å². The quantitative estimate of drug-likeness (QED) is 0.807. The first-order valence-corrected chi connectivity index (χ1v) is 6.70. The highest BCUT2D eigenvalue weighted by Gasteiger charge is 2.12. The number of hydrogen-bond acceptors (Lipinski definition) is 4. The predicted molar refractivity (Wildman–Crippen MR) is 77.1 cm³/mol. The topological polar surface area (TPSA) is 67.8 Å². The molecule has 1 rings (SSSR count). The molecule has 0 saturated heterocycles. The summed E-state index contributed by atoms with van der Waals surface area (Å²) < 4.78 is 10.4. The van der Waals surface area contributed by atoms with E-state index in [1.165, 1.54) is 0 Å². The van der Waals surface area contributed by atoms with Crippen molar-refractivity contribution in [2.24, 2.45) is 0 Å². The van der Waals surface area contributed by atoms with Gasteiger partial charge in [0.15, 0.2) is 6.61 Å². The van der Waals surface area contributed by atoms with Gasteiger partial charge in [-0.2, -0.15) is 0 Å².